The molecule has 3 amide bonds. The minimum atomic E-state index is -1.17. The largest absolute Gasteiger partial charge is 0.484 e. The smallest absolute Gasteiger partial charge is 0.307 e. The van der Waals surface area contributed by atoms with Gasteiger partial charge in [0.25, 0.3) is 5.91 Å². The molecule has 0 unspecified atom stereocenters. The molecule has 5 aromatic rings. The number of pyridine rings is 1. The van der Waals surface area contributed by atoms with Crippen LogP contribution in [0, 0.1) is 5.92 Å². The first kappa shape index (κ1) is 39.1. The third-order valence-corrected chi connectivity index (χ3v) is 9.82. The number of hydrogen-bond donors (Lipinski definition) is 4. The topological polar surface area (TPSA) is 164 Å². The van der Waals surface area contributed by atoms with E-state index in [2.05, 4.69) is 20.9 Å². The van der Waals surface area contributed by atoms with Gasteiger partial charge in [0, 0.05) is 31.7 Å². The molecule has 2 aliphatic heterocycles. The number of ether oxygens (including phenoxy) is 1. The molecule has 0 saturated heterocycles. The molecule has 2 aliphatic rings. The van der Waals surface area contributed by atoms with E-state index in [-0.39, 0.29) is 32.1 Å². The molecule has 0 radical (unpaired) electrons. The van der Waals surface area contributed by atoms with E-state index in [1.54, 1.807) is 48.8 Å². The molecule has 4 atom stereocenters. The summed E-state index contributed by atoms with van der Waals surface area (Å²) in [6, 6.07) is 33.7. The molecule has 0 saturated carbocycles. The highest BCUT2D eigenvalue weighted by Gasteiger charge is 2.32. The number of fused-ring (bicyclic) bond motifs is 16. The molecule has 7 rings (SSSR count). The first-order valence-corrected chi connectivity index (χ1v) is 18.6. The van der Waals surface area contributed by atoms with E-state index in [0.717, 1.165) is 27.8 Å². The molecule has 2 bridgehead atoms. The van der Waals surface area contributed by atoms with Gasteiger partial charge in [0.1, 0.15) is 17.8 Å². The number of carboxylic acid groups (broad SMARTS) is 1. The van der Waals surface area contributed by atoms with Crippen molar-refractivity contribution in [2.75, 3.05) is 6.61 Å². The second-order valence-corrected chi connectivity index (χ2v) is 13.9. The summed E-state index contributed by atoms with van der Waals surface area (Å²) in [4.78, 5) is 72.3. The number of carboxylic acids is 1. The number of carbonyl (C=O) groups is 5. The van der Waals surface area contributed by atoms with E-state index >= 15 is 0 Å². The maximum Gasteiger partial charge on any atom is 0.307 e. The van der Waals surface area contributed by atoms with Crippen LogP contribution in [-0.4, -0.2) is 64.3 Å². The number of nitrogens with one attached hydrogen (secondary N) is 3. The van der Waals surface area contributed by atoms with Gasteiger partial charge in [-0.05, 0) is 76.9 Å². The van der Waals surface area contributed by atoms with Crippen molar-refractivity contribution in [1.29, 1.82) is 0 Å². The number of Topliss-reactive ketones (excluding diaryl/α,β-unsaturated/α-hetero) is 1. The van der Waals surface area contributed by atoms with Crippen molar-refractivity contribution in [2.45, 2.75) is 56.7 Å². The maximum absolute atomic E-state index is 14.4. The number of hydrogen-bond acceptors (Lipinski definition) is 7. The Morgan fingerprint density at radius 2 is 1.20 bits per heavy atom. The number of aromatic nitrogens is 1. The van der Waals surface area contributed by atoms with Crippen LogP contribution in [0.1, 0.15) is 35.1 Å². The van der Waals surface area contributed by atoms with Crippen molar-refractivity contribution in [2.24, 2.45) is 5.92 Å². The Labute approximate surface area is 325 Å². The monoisotopic (exact) mass is 752 g/mol. The summed E-state index contributed by atoms with van der Waals surface area (Å²) < 4.78 is 5.71. The molecule has 11 nitrogen and oxygen atoms in total. The number of amides is 3. The Morgan fingerprint density at radius 3 is 1.84 bits per heavy atom. The molecule has 0 aliphatic carbocycles. The summed E-state index contributed by atoms with van der Waals surface area (Å²) in [7, 11) is 0. The lowest BCUT2D eigenvalue weighted by Crippen LogP contribution is -2.57. The summed E-state index contributed by atoms with van der Waals surface area (Å²) in [5.41, 5.74) is 5.07. The van der Waals surface area contributed by atoms with Gasteiger partial charge in [-0.2, -0.15) is 0 Å². The zero-order valence-corrected chi connectivity index (χ0v) is 30.8. The molecule has 0 fully saturated rings. The van der Waals surface area contributed by atoms with Crippen molar-refractivity contribution in [3.8, 4) is 16.9 Å². The number of ketones is 1. The summed E-state index contributed by atoms with van der Waals surface area (Å²) >= 11 is 0. The van der Waals surface area contributed by atoms with Crippen molar-refractivity contribution < 1.29 is 33.8 Å². The lowest BCUT2D eigenvalue weighted by atomic mass is 9.90. The van der Waals surface area contributed by atoms with E-state index < -0.39 is 60.1 Å². The van der Waals surface area contributed by atoms with Gasteiger partial charge in [-0.15, -0.1) is 0 Å². The molecular weight excluding hydrogens is 709 g/mol. The quantitative estimate of drug-likeness (QED) is 0.154. The number of nitrogens with zero attached hydrogens (tertiary/aromatic N) is 1. The standard InChI is InChI=1S/C45H44N4O7/c50-41-28-36(45(54)55)25-31-13-18-37(19-14-31)56-29-42(51)47-39(27-33-21-23-46-24-22-33)43(52)49-40(44(53)48-38(41)20-15-30-7-3-1-4-8-30)26-32-11-16-35(17-12-32)34-9-5-2-6-10-34/h1-14,16-19,21-24,36,38-40H,15,20,25-29H2,(H,47,51)(H,48,53)(H,49,52)(H,54,55)/t36-,38+,39+,40-/m1/s1. The van der Waals surface area contributed by atoms with Crippen molar-refractivity contribution in [1.82, 2.24) is 20.9 Å². The van der Waals surface area contributed by atoms with Crippen LogP contribution in [0.2, 0.25) is 0 Å². The predicted octanol–water partition coefficient (Wildman–Crippen LogP) is 4.92. The Hall–Kier alpha value is -6.62. The van der Waals surface area contributed by atoms with E-state index in [1.165, 1.54) is 0 Å². The Bertz CT molecular complexity index is 2090. The van der Waals surface area contributed by atoms with Crippen molar-refractivity contribution in [3.05, 3.63) is 156 Å². The van der Waals surface area contributed by atoms with Crippen LogP contribution < -0.4 is 20.7 Å². The number of aryl methyl sites for hydroxylation is 1. The second-order valence-electron chi connectivity index (χ2n) is 13.9. The third-order valence-electron chi connectivity index (χ3n) is 9.82. The number of benzene rings is 4. The SMILES string of the molecule is O=C1COc2ccc(cc2)C[C@@H](C(=O)O)CC(=O)[C@H](CCc2ccccc2)NC(=O)[C@@H](Cc2ccc(-c3ccccc3)cc2)NC(=O)[C@H](Cc2ccncc2)N1. The fourth-order valence-corrected chi connectivity index (χ4v) is 6.71. The van der Waals surface area contributed by atoms with Gasteiger partial charge in [0.2, 0.25) is 11.8 Å². The molecule has 1 aromatic heterocycles. The van der Waals surface area contributed by atoms with Gasteiger partial charge in [0.15, 0.2) is 12.4 Å². The highest BCUT2D eigenvalue weighted by molar-refractivity contribution is 5.96. The first-order valence-electron chi connectivity index (χ1n) is 18.6. The van der Waals surface area contributed by atoms with Crippen LogP contribution in [0.5, 0.6) is 5.75 Å². The molecule has 286 valence electrons. The van der Waals surface area contributed by atoms with E-state index in [4.69, 9.17) is 4.74 Å². The normalized spacial score (nSPS) is 19.6. The number of carbonyl (C=O) groups excluding carboxylic acids is 4. The van der Waals surface area contributed by atoms with E-state index in [0.29, 0.717) is 17.7 Å². The first-order chi connectivity index (χ1) is 27.2. The highest BCUT2D eigenvalue weighted by Crippen LogP contribution is 2.22. The van der Waals surface area contributed by atoms with Gasteiger partial charge in [-0.25, -0.2) is 0 Å². The fourth-order valence-electron chi connectivity index (χ4n) is 6.71. The third kappa shape index (κ3) is 11.2. The van der Waals surface area contributed by atoms with Gasteiger partial charge in [-0.3, -0.25) is 29.0 Å². The minimum absolute atomic E-state index is 0.0650. The lowest BCUT2D eigenvalue weighted by molar-refractivity contribution is -0.144. The average Bonchev–Trinajstić information content (AvgIpc) is 3.22. The van der Waals surface area contributed by atoms with Crippen molar-refractivity contribution in [3.63, 3.8) is 0 Å². The van der Waals surface area contributed by atoms with Crippen molar-refractivity contribution >= 4 is 29.5 Å². The molecule has 11 heteroatoms. The summed E-state index contributed by atoms with van der Waals surface area (Å²) in [6.45, 7) is -0.396. The lowest BCUT2D eigenvalue weighted by Gasteiger charge is -2.26. The molecule has 4 N–H and O–H groups in total. The Kier molecular flexibility index (Phi) is 13.3. The van der Waals surface area contributed by atoms with Gasteiger partial charge in [0.05, 0.1) is 12.0 Å². The van der Waals surface area contributed by atoms with Gasteiger partial charge >= 0.3 is 5.97 Å². The van der Waals surface area contributed by atoms with Crippen LogP contribution in [-0.2, 0) is 49.7 Å². The molecule has 4 aromatic carbocycles. The zero-order valence-electron chi connectivity index (χ0n) is 30.8. The van der Waals surface area contributed by atoms with E-state index in [1.807, 2.05) is 84.9 Å². The molecule has 3 heterocycles. The Balaban J connectivity index is 1.33. The van der Waals surface area contributed by atoms with Crippen LogP contribution in [0.3, 0.4) is 0 Å². The maximum atomic E-state index is 14.4. The summed E-state index contributed by atoms with van der Waals surface area (Å²) in [6.07, 6.45) is 3.73. The summed E-state index contributed by atoms with van der Waals surface area (Å²) in [5, 5.41) is 18.7. The van der Waals surface area contributed by atoms with Gasteiger partial charge in [-0.1, -0.05) is 97.1 Å². The van der Waals surface area contributed by atoms with Crippen LogP contribution in [0.4, 0.5) is 0 Å². The average molecular weight is 753 g/mol. The molecule has 0 spiro atoms. The fraction of sp³-hybridized carbons (Fsp3) is 0.244. The second kappa shape index (κ2) is 19.1. The van der Waals surface area contributed by atoms with Crippen LogP contribution in [0.25, 0.3) is 11.1 Å². The number of rotatable bonds is 9. The van der Waals surface area contributed by atoms with Crippen LogP contribution in [0.15, 0.2) is 134 Å². The predicted molar refractivity (Wildman–Crippen MR) is 210 cm³/mol. The highest BCUT2D eigenvalue weighted by atomic mass is 16.5. The van der Waals surface area contributed by atoms with Gasteiger partial charge < -0.3 is 25.8 Å². The minimum Gasteiger partial charge on any atom is -0.484 e. The molecular formula is C45H44N4O7. The molecule has 56 heavy (non-hydrogen) atoms. The Morgan fingerprint density at radius 1 is 0.625 bits per heavy atom. The summed E-state index contributed by atoms with van der Waals surface area (Å²) in [5.74, 6) is -4.06. The van der Waals surface area contributed by atoms with Crippen LogP contribution >= 0.6 is 0 Å². The number of aliphatic carboxylic acids is 1. The van der Waals surface area contributed by atoms with E-state index in [9.17, 15) is 29.1 Å². The zero-order chi connectivity index (χ0) is 39.3.